The number of nitro groups is 1. The van der Waals surface area contributed by atoms with Crippen LogP contribution in [0.15, 0.2) is 18.2 Å². The van der Waals surface area contributed by atoms with E-state index < -0.39 is 16.8 Å². The molecule has 1 amide bonds. The molecule has 1 heterocycles. The second-order valence-electron chi connectivity index (χ2n) is 6.78. The van der Waals surface area contributed by atoms with E-state index in [2.05, 4.69) is 5.32 Å². The summed E-state index contributed by atoms with van der Waals surface area (Å²) in [5.41, 5.74) is 0.793. The maximum atomic E-state index is 12.8. The number of esters is 1. The Balaban J connectivity index is 1.98. The number of nitrogens with one attached hydrogen (secondary N) is 1. The van der Waals surface area contributed by atoms with Crippen LogP contribution in [0.1, 0.15) is 63.8 Å². The molecule has 7 nitrogen and oxygen atoms in total. The number of thiophene rings is 1. The van der Waals surface area contributed by atoms with Gasteiger partial charge in [-0.2, -0.15) is 0 Å². The number of halogens is 1. The average Bonchev–Trinajstić information content (AvgIpc) is 2.86. The first-order valence-electron chi connectivity index (χ1n) is 9.49. The quantitative estimate of drug-likeness (QED) is 0.283. The summed E-state index contributed by atoms with van der Waals surface area (Å²) in [6.07, 6.45) is 5.33. The molecule has 9 heteroatoms. The molecule has 0 unspecified atom stereocenters. The molecule has 0 bridgehead atoms. The molecule has 1 aromatic heterocycles. The molecule has 0 radical (unpaired) electrons. The number of nitrogens with zero attached hydrogens (tertiary/aromatic N) is 1. The molecule has 154 valence electrons. The first-order chi connectivity index (χ1) is 13.9. The Morgan fingerprint density at radius 2 is 2.03 bits per heavy atom. The number of carbonyl (C=O) groups excluding carboxylic acids is 2. The number of aryl methyl sites for hydroxylation is 1. The Kier molecular flexibility index (Phi) is 6.87. The van der Waals surface area contributed by atoms with Crippen molar-refractivity contribution in [2.75, 3.05) is 11.9 Å². The summed E-state index contributed by atoms with van der Waals surface area (Å²) in [5, 5.41) is 14.6. The summed E-state index contributed by atoms with van der Waals surface area (Å²) in [6, 6.07) is 3.80. The molecule has 3 rings (SSSR count). The van der Waals surface area contributed by atoms with Crippen molar-refractivity contribution in [3.63, 3.8) is 0 Å². The maximum Gasteiger partial charge on any atom is 0.341 e. The Bertz CT molecular complexity index is 957. The summed E-state index contributed by atoms with van der Waals surface area (Å²) in [4.78, 5) is 37.3. The van der Waals surface area contributed by atoms with Crippen molar-refractivity contribution in [3.05, 3.63) is 54.9 Å². The van der Waals surface area contributed by atoms with Crippen LogP contribution in [0.3, 0.4) is 0 Å². The highest BCUT2D eigenvalue weighted by Crippen LogP contribution is 2.38. The molecule has 0 aliphatic heterocycles. The molecular weight excluding hydrogens is 416 g/mol. The van der Waals surface area contributed by atoms with Gasteiger partial charge in [-0.1, -0.05) is 24.9 Å². The van der Waals surface area contributed by atoms with E-state index in [0.717, 1.165) is 42.5 Å². The Morgan fingerprint density at radius 3 is 2.76 bits per heavy atom. The summed E-state index contributed by atoms with van der Waals surface area (Å²) in [7, 11) is 0. The van der Waals surface area contributed by atoms with Gasteiger partial charge in [0, 0.05) is 16.0 Å². The number of anilines is 1. The van der Waals surface area contributed by atoms with Gasteiger partial charge in [0.25, 0.3) is 11.6 Å². The van der Waals surface area contributed by atoms with E-state index in [-0.39, 0.29) is 22.9 Å². The van der Waals surface area contributed by atoms with Crippen molar-refractivity contribution in [2.45, 2.75) is 45.4 Å². The van der Waals surface area contributed by atoms with Crippen LogP contribution >= 0.6 is 22.9 Å². The smallest absolute Gasteiger partial charge is 0.341 e. The zero-order valence-corrected chi connectivity index (χ0v) is 17.5. The lowest BCUT2D eigenvalue weighted by atomic mass is 10.1. The minimum absolute atomic E-state index is 0.154. The molecule has 1 aliphatic carbocycles. The van der Waals surface area contributed by atoms with Crippen molar-refractivity contribution < 1.29 is 19.2 Å². The van der Waals surface area contributed by atoms with Crippen LogP contribution in [-0.4, -0.2) is 23.4 Å². The fourth-order valence-corrected chi connectivity index (χ4v) is 4.78. The van der Waals surface area contributed by atoms with Crippen molar-refractivity contribution in [1.82, 2.24) is 0 Å². The summed E-state index contributed by atoms with van der Waals surface area (Å²) in [5.74, 6) is -1.15. The standard InChI is InChI=1S/C20H21ClN2O5S/c1-2-10-28-20(25)17-13-6-4-3-5-7-16(13)29-19(17)22-18(24)14-11-12(21)8-9-15(14)23(26)27/h8-9,11H,2-7,10H2,1H3,(H,22,24). The summed E-state index contributed by atoms with van der Waals surface area (Å²) < 4.78 is 5.34. The third kappa shape index (κ3) is 4.76. The predicted molar refractivity (Wildman–Crippen MR) is 112 cm³/mol. The minimum Gasteiger partial charge on any atom is -0.462 e. The molecule has 1 N–H and O–H groups in total. The van der Waals surface area contributed by atoms with E-state index in [4.69, 9.17) is 16.3 Å². The molecule has 1 aliphatic rings. The number of benzene rings is 1. The van der Waals surface area contributed by atoms with Crippen LogP contribution in [0.2, 0.25) is 5.02 Å². The van der Waals surface area contributed by atoms with Crippen LogP contribution < -0.4 is 5.32 Å². The molecule has 1 aromatic carbocycles. The second kappa shape index (κ2) is 9.37. The molecule has 0 saturated carbocycles. The fraction of sp³-hybridized carbons (Fsp3) is 0.400. The highest BCUT2D eigenvalue weighted by Gasteiger charge is 2.28. The van der Waals surface area contributed by atoms with Crippen LogP contribution in [-0.2, 0) is 17.6 Å². The number of nitro benzene ring substituents is 1. The van der Waals surface area contributed by atoms with Crippen molar-refractivity contribution in [3.8, 4) is 0 Å². The number of amides is 1. The first-order valence-corrected chi connectivity index (χ1v) is 10.7. The zero-order valence-electron chi connectivity index (χ0n) is 16.0. The largest absolute Gasteiger partial charge is 0.462 e. The van der Waals surface area contributed by atoms with Crippen LogP contribution in [0.25, 0.3) is 0 Å². The normalized spacial score (nSPS) is 13.3. The van der Waals surface area contributed by atoms with Crippen LogP contribution in [0.4, 0.5) is 10.7 Å². The zero-order chi connectivity index (χ0) is 21.0. The molecule has 0 atom stereocenters. The topological polar surface area (TPSA) is 98.5 Å². The summed E-state index contributed by atoms with van der Waals surface area (Å²) >= 11 is 7.28. The van der Waals surface area contributed by atoms with Gasteiger partial charge >= 0.3 is 5.97 Å². The van der Waals surface area contributed by atoms with E-state index in [9.17, 15) is 19.7 Å². The van der Waals surface area contributed by atoms with Gasteiger partial charge in [0.2, 0.25) is 0 Å². The monoisotopic (exact) mass is 436 g/mol. The third-order valence-electron chi connectivity index (χ3n) is 4.69. The number of carbonyl (C=O) groups is 2. The number of hydrogen-bond acceptors (Lipinski definition) is 6. The molecular formula is C20H21ClN2O5S. The van der Waals surface area contributed by atoms with Gasteiger partial charge in [-0.05, 0) is 49.8 Å². The van der Waals surface area contributed by atoms with Gasteiger partial charge in [-0.3, -0.25) is 14.9 Å². The van der Waals surface area contributed by atoms with Crippen LogP contribution in [0, 0.1) is 10.1 Å². The van der Waals surface area contributed by atoms with Gasteiger partial charge < -0.3 is 10.1 Å². The molecule has 2 aromatic rings. The minimum atomic E-state index is -0.680. The number of rotatable bonds is 6. The lowest BCUT2D eigenvalue weighted by Crippen LogP contribution is -2.16. The fourth-order valence-electron chi connectivity index (χ4n) is 3.33. The van der Waals surface area contributed by atoms with Gasteiger partial charge in [0.1, 0.15) is 10.6 Å². The number of fused-ring (bicyclic) bond motifs is 1. The summed E-state index contributed by atoms with van der Waals surface area (Å²) in [6.45, 7) is 2.19. The van der Waals surface area contributed by atoms with Gasteiger partial charge in [-0.25, -0.2) is 4.79 Å². The Hall–Kier alpha value is -2.45. The first kappa shape index (κ1) is 21.3. The second-order valence-corrected chi connectivity index (χ2v) is 8.32. The maximum absolute atomic E-state index is 12.8. The van der Waals surface area contributed by atoms with Crippen molar-refractivity contribution in [1.29, 1.82) is 0 Å². The van der Waals surface area contributed by atoms with E-state index >= 15 is 0 Å². The van der Waals surface area contributed by atoms with Crippen molar-refractivity contribution >= 4 is 45.5 Å². The van der Waals surface area contributed by atoms with E-state index in [1.165, 1.54) is 29.5 Å². The average molecular weight is 437 g/mol. The van der Waals surface area contributed by atoms with Gasteiger partial charge in [0.15, 0.2) is 0 Å². The van der Waals surface area contributed by atoms with Crippen molar-refractivity contribution in [2.24, 2.45) is 0 Å². The highest BCUT2D eigenvalue weighted by molar-refractivity contribution is 7.17. The van der Waals surface area contributed by atoms with Gasteiger partial charge in [0.05, 0.1) is 17.1 Å². The number of ether oxygens (including phenoxy) is 1. The molecule has 0 saturated heterocycles. The highest BCUT2D eigenvalue weighted by atomic mass is 35.5. The lowest BCUT2D eigenvalue weighted by Gasteiger charge is -2.09. The van der Waals surface area contributed by atoms with E-state index in [0.29, 0.717) is 17.0 Å². The molecule has 0 spiro atoms. The molecule has 29 heavy (non-hydrogen) atoms. The number of hydrogen-bond donors (Lipinski definition) is 1. The van der Waals surface area contributed by atoms with Crippen LogP contribution in [0.5, 0.6) is 0 Å². The Morgan fingerprint density at radius 1 is 1.28 bits per heavy atom. The third-order valence-corrected chi connectivity index (χ3v) is 6.13. The van der Waals surface area contributed by atoms with Gasteiger partial charge in [-0.15, -0.1) is 11.3 Å². The predicted octanol–water partition coefficient (Wildman–Crippen LogP) is 5.40. The SMILES string of the molecule is CCCOC(=O)c1c(NC(=O)c2cc(Cl)ccc2[N+](=O)[O-])sc2c1CCCCC2. The Labute approximate surface area is 177 Å². The van der Waals surface area contributed by atoms with E-state index in [1.54, 1.807) is 0 Å². The molecule has 0 fully saturated rings. The lowest BCUT2D eigenvalue weighted by molar-refractivity contribution is -0.385. The van der Waals surface area contributed by atoms with E-state index in [1.807, 2.05) is 6.92 Å².